The topological polar surface area (TPSA) is 119 Å². The highest BCUT2D eigenvalue weighted by atomic mass is 127. The molecular formula is C30H33Cl2IN7O2P. The molecule has 1 unspecified atom stereocenters. The zero-order chi connectivity index (χ0) is 30.7. The number of methoxy groups -OCH3 is 1. The number of aromatic nitrogens is 2. The molecule has 1 aliphatic carbocycles. The van der Waals surface area contributed by atoms with Gasteiger partial charge in [-0.3, -0.25) is 10.4 Å². The maximum Gasteiger partial charge on any atom is 0.162 e. The van der Waals surface area contributed by atoms with Crippen molar-refractivity contribution in [3.8, 4) is 17.6 Å². The Hall–Kier alpha value is -2.42. The Morgan fingerprint density at radius 3 is 2.56 bits per heavy atom. The van der Waals surface area contributed by atoms with Crippen LogP contribution in [0.4, 0.5) is 11.5 Å². The quantitative estimate of drug-likeness (QED) is 0.0932. The number of rotatable bonds is 13. The van der Waals surface area contributed by atoms with E-state index in [-0.39, 0.29) is 11.3 Å². The average Bonchev–Trinajstić information content (AvgIpc) is 3.81. The van der Waals surface area contributed by atoms with Gasteiger partial charge in [0, 0.05) is 60.8 Å². The summed E-state index contributed by atoms with van der Waals surface area (Å²) in [6.45, 7) is 6.71. The number of ether oxygens (including phenoxy) is 2. The van der Waals surface area contributed by atoms with Crippen molar-refractivity contribution in [1.29, 1.82) is 10.7 Å². The van der Waals surface area contributed by atoms with Gasteiger partial charge in [-0.1, -0.05) is 30.1 Å². The second-order valence-corrected chi connectivity index (χ2v) is 13.8. The first-order valence-corrected chi connectivity index (χ1v) is 18.9. The molecular weight excluding hydrogens is 719 g/mol. The van der Waals surface area contributed by atoms with Crippen molar-refractivity contribution < 1.29 is 9.47 Å². The van der Waals surface area contributed by atoms with Crippen LogP contribution in [-0.4, -0.2) is 48.0 Å². The highest BCUT2D eigenvalue weighted by Gasteiger charge is 2.43. The molecule has 1 aromatic carbocycles. The van der Waals surface area contributed by atoms with Gasteiger partial charge < -0.3 is 24.8 Å². The van der Waals surface area contributed by atoms with E-state index in [9.17, 15) is 10.7 Å². The maximum absolute atomic E-state index is 10.1. The van der Waals surface area contributed by atoms with E-state index in [0.29, 0.717) is 61.7 Å². The fraction of sp³-hybridized carbons (Fsp3) is 0.400. The molecule has 43 heavy (non-hydrogen) atoms. The van der Waals surface area contributed by atoms with Gasteiger partial charge >= 0.3 is 0 Å². The highest BCUT2D eigenvalue weighted by Crippen LogP contribution is 2.41. The van der Waals surface area contributed by atoms with E-state index in [4.69, 9.17) is 32.7 Å². The van der Waals surface area contributed by atoms with Gasteiger partial charge in [-0.25, -0.2) is 4.98 Å². The summed E-state index contributed by atoms with van der Waals surface area (Å²) in [6.07, 6.45) is 8.18. The summed E-state index contributed by atoms with van der Waals surface area (Å²) in [5.74, 6) is 2.37. The molecule has 2 aliphatic rings. The van der Waals surface area contributed by atoms with Crippen LogP contribution in [0.25, 0.3) is 0 Å². The Morgan fingerprint density at radius 2 is 1.95 bits per heavy atom. The molecule has 9 nitrogen and oxygen atoms in total. The van der Waals surface area contributed by atoms with Crippen molar-refractivity contribution >= 4 is 68.8 Å². The van der Waals surface area contributed by atoms with Crippen LogP contribution in [0.3, 0.4) is 0 Å². The minimum absolute atomic E-state index is 0.0600. The molecule has 1 aliphatic heterocycles. The smallest absolute Gasteiger partial charge is 0.162 e. The SMILES string of the molecule is CCC1(NCC2CC2)CN(c2ncc(C(=N)c3cc(O[C@H](C)c4c(Cl)cncc4Cl)c(OC)cc3NPI)cc2C#N)C1. The Labute approximate surface area is 276 Å². The van der Waals surface area contributed by atoms with Crippen LogP contribution in [0.2, 0.25) is 10.0 Å². The number of hydrogen-bond donors (Lipinski definition) is 3. The molecule has 5 rings (SSSR count). The molecule has 3 heterocycles. The van der Waals surface area contributed by atoms with Crippen LogP contribution >= 0.6 is 51.6 Å². The van der Waals surface area contributed by atoms with E-state index >= 15 is 0 Å². The van der Waals surface area contributed by atoms with Crippen molar-refractivity contribution in [2.24, 2.45) is 5.92 Å². The van der Waals surface area contributed by atoms with Crippen molar-refractivity contribution in [3.05, 3.63) is 69.1 Å². The summed E-state index contributed by atoms with van der Waals surface area (Å²) in [7, 11) is 1.56. The fourth-order valence-corrected chi connectivity index (χ4v) is 7.15. The van der Waals surface area contributed by atoms with Gasteiger partial charge in [0.05, 0.1) is 39.7 Å². The van der Waals surface area contributed by atoms with E-state index in [0.717, 1.165) is 32.0 Å². The van der Waals surface area contributed by atoms with E-state index < -0.39 is 6.10 Å². The normalized spacial score (nSPS) is 16.4. The summed E-state index contributed by atoms with van der Waals surface area (Å²) in [4.78, 5) is 10.9. The van der Waals surface area contributed by atoms with Gasteiger partial charge in [-0.15, -0.1) is 0 Å². The predicted octanol–water partition coefficient (Wildman–Crippen LogP) is 7.54. The van der Waals surface area contributed by atoms with Crippen LogP contribution in [0.5, 0.6) is 11.5 Å². The number of anilines is 2. The zero-order valence-electron chi connectivity index (χ0n) is 24.1. The van der Waals surface area contributed by atoms with E-state index in [1.807, 2.05) is 6.92 Å². The van der Waals surface area contributed by atoms with Crippen molar-refractivity contribution in [3.63, 3.8) is 0 Å². The van der Waals surface area contributed by atoms with Gasteiger partial charge in [-0.05, 0) is 72.8 Å². The van der Waals surface area contributed by atoms with Crippen molar-refractivity contribution in [2.45, 2.75) is 44.8 Å². The number of nitrogens with one attached hydrogen (secondary N) is 3. The largest absolute Gasteiger partial charge is 0.493 e. The lowest BCUT2D eigenvalue weighted by Gasteiger charge is -2.51. The molecule has 226 valence electrons. The van der Waals surface area contributed by atoms with Crippen LogP contribution in [-0.2, 0) is 0 Å². The number of hydrogen-bond acceptors (Lipinski definition) is 9. The van der Waals surface area contributed by atoms with Gasteiger partial charge in [0.2, 0.25) is 0 Å². The van der Waals surface area contributed by atoms with Gasteiger partial charge in [0.15, 0.2) is 11.5 Å². The average molecular weight is 752 g/mol. The lowest BCUT2D eigenvalue weighted by Crippen LogP contribution is -2.69. The monoisotopic (exact) mass is 751 g/mol. The molecule has 0 bridgehead atoms. The third-order valence-electron chi connectivity index (χ3n) is 8.06. The molecule has 0 amide bonds. The molecule has 2 atom stereocenters. The third kappa shape index (κ3) is 6.97. The lowest BCUT2D eigenvalue weighted by molar-refractivity contribution is 0.216. The predicted molar refractivity (Wildman–Crippen MR) is 183 cm³/mol. The summed E-state index contributed by atoms with van der Waals surface area (Å²) in [5, 5.41) is 27.1. The molecule has 3 N–H and O–H groups in total. The Morgan fingerprint density at radius 1 is 1.23 bits per heavy atom. The van der Waals surface area contributed by atoms with E-state index in [1.165, 1.54) is 25.2 Å². The number of nitrogens with zero attached hydrogens (tertiary/aromatic N) is 4. The van der Waals surface area contributed by atoms with Crippen LogP contribution in [0, 0.1) is 22.7 Å². The second-order valence-electron chi connectivity index (χ2n) is 10.9. The lowest BCUT2D eigenvalue weighted by atomic mass is 9.86. The Bertz CT molecular complexity index is 1540. The minimum Gasteiger partial charge on any atom is -0.493 e. The summed E-state index contributed by atoms with van der Waals surface area (Å²) >= 11 is 15.0. The minimum atomic E-state index is -0.527. The highest BCUT2D eigenvalue weighted by molar-refractivity contribution is 14.2. The molecule has 0 spiro atoms. The third-order valence-corrected chi connectivity index (χ3v) is 9.83. The first-order valence-electron chi connectivity index (χ1n) is 14.0. The molecule has 2 aromatic heterocycles. The first kappa shape index (κ1) is 32.0. The van der Waals surface area contributed by atoms with Gasteiger partial charge in [0.1, 0.15) is 18.0 Å². The number of nitriles is 1. The fourth-order valence-electron chi connectivity index (χ4n) is 5.29. The Balaban J connectivity index is 1.42. The zero-order valence-corrected chi connectivity index (χ0v) is 28.8. The molecule has 0 radical (unpaired) electrons. The molecule has 13 heteroatoms. The van der Waals surface area contributed by atoms with Crippen molar-refractivity contribution in [1.82, 2.24) is 15.3 Å². The molecule has 1 saturated carbocycles. The number of benzene rings is 1. The van der Waals surface area contributed by atoms with Crippen molar-refractivity contribution in [2.75, 3.05) is 36.7 Å². The maximum atomic E-state index is 10.1. The summed E-state index contributed by atoms with van der Waals surface area (Å²) in [5.41, 5.74) is 3.12. The van der Waals surface area contributed by atoms with E-state index in [1.54, 1.807) is 31.5 Å². The number of halogens is 3. The van der Waals surface area contributed by atoms with Crippen LogP contribution < -0.4 is 24.8 Å². The standard InChI is InChI=1S/C30H33Cl2IN7O2P/c1-4-30(38-11-18-5-6-18)15-40(16-30)29-19(10-34)7-20(12-37-29)28(35)21-8-26(25(41-3)9-24(21)39-43-33)42-17(2)27-22(31)13-36-14-23(27)32/h7-9,12-14,17-18,35,38-39,43H,4-6,11,15-16H2,1-3H3/t17-/m1/s1. The Kier molecular flexibility index (Phi) is 10.2. The van der Waals surface area contributed by atoms with Gasteiger partial charge in [0.25, 0.3) is 0 Å². The summed E-state index contributed by atoms with van der Waals surface area (Å²) < 4.78 is 12.0. The molecule has 3 aromatic rings. The van der Waals surface area contributed by atoms with Crippen LogP contribution in [0.1, 0.15) is 61.5 Å². The number of pyridine rings is 2. The van der Waals surface area contributed by atoms with E-state index in [2.05, 4.69) is 60.3 Å². The molecule has 1 saturated heterocycles. The van der Waals surface area contributed by atoms with Crippen LogP contribution in [0.15, 0.2) is 36.8 Å². The summed E-state index contributed by atoms with van der Waals surface area (Å²) in [6, 6.07) is 7.62. The first-order chi connectivity index (χ1) is 20.7. The second kappa shape index (κ2) is 13.7. The molecule has 2 fully saturated rings. The van der Waals surface area contributed by atoms with Gasteiger partial charge in [-0.2, -0.15) is 5.26 Å².